The number of fused-ring (bicyclic) bond motifs is 1. The van der Waals surface area contributed by atoms with E-state index in [9.17, 15) is 0 Å². The van der Waals surface area contributed by atoms with E-state index in [0.29, 0.717) is 6.10 Å². The summed E-state index contributed by atoms with van der Waals surface area (Å²) in [5.41, 5.74) is 1.53. The van der Waals surface area contributed by atoms with Crippen LogP contribution in [0.4, 0.5) is 0 Å². The first-order chi connectivity index (χ1) is 7.92. The van der Waals surface area contributed by atoms with Crippen LogP contribution in [0.15, 0.2) is 11.4 Å². The van der Waals surface area contributed by atoms with E-state index in [1.165, 1.54) is 18.5 Å². The fourth-order valence-corrected chi connectivity index (χ4v) is 3.38. The molecule has 1 saturated heterocycles. The Kier molecular flexibility index (Phi) is 3.24. The van der Waals surface area contributed by atoms with Crippen LogP contribution in [0.3, 0.4) is 0 Å². The Morgan fingerprint density at radius 1 is 1.56 bits per heavy atom. The maximum Gasteiger partial charge on any atom is 0.0826 e. The van der Waals surface area contributed by atoms with Crippen molar-refractivity contribution in [3.63, 3.8) is 0 Å². The van der Waals surface area contributed by atoms with Gasteiger partial charge in [-0.15, -0.1) is 11.3 Å². The lowest BCUT2D eigenvalue weighted by Gasteiger charge is -2.32. The first kappa shape index (κ1) is 10.7. The van der Waals surface area contributed by atoms with Crippen LogP contribution in [0.2, 0.25) is 0 Å². The molecule has 0 radical (unpaired) electrons. The molecule has 0 aliphatic carbocycles. The number of hydrogen-bond donors (Lipinski definition) is 1. The molecular formula is C12H18N2OS. The minimum Gasteiger partial charge on any atom is -0.374 e. The average Bonchev–Trinajstić information content (AvgIpc) is 2.77. The van der Waals surface area contributed by atoms with Gasteiger partial charge in [0, 0.05) is 37.6 Å². The third kappa shape index (κ3) is 2.30. The lowest BCUT2D eigenvalue weighted by atomic mass is 10.1. The lowest BCUT2D eigenvalue weighted by molar-refractivity contribution is 0.00313. The molecule has 0 spiro atoms. The molecule has 16 heavy (non-hydrogen) atoms. The van der Waals surface area contributed by atoms with Crippen LogP contribution in [0.25, 0.3) is 0 Å². The third-order valence-electron chi connectivity index (χ3n) is 3.35. The maximum atomic E-state index is 5.75. The molecule has 2 aliphatic heterocycles. The zero-order valence-electron chi connectivity index (χ0n) is 9.45. The molecule has 1 aromatic rings. The molecule has 88 valence electrons. The van der Waals surface area contributed by atoms with Crippen LogP contribution in [-0.2, 0) is 17.7 Å². The van der Waals surface area contributed by atoms with Crippen LogP contribution < -0.4 is 5.32 Å². The number of rotatable bonds is 2. The first-order valence-electron chi connectivity index (χ1n) is 6.02. The number of nitrogens with zero attached hydrogens (tertiary/aromatic N) is 1. The molecule has 0 saturated carbocycles. The monoisotopic (exact) mass is 238 g/mol. The zero-order chi connectivity index (χ0) is 10.8. The van der Waals surface area contributed by atoms with Crippen molar-refractivity contribution in [2.45, 2.75) is 19.1 Å². The molecule has 3 nitrogen and oxygen atoms in total. The van der Waals surface area contributed by atoms with Gasteiger partial charge in [-0.3, -0.25) is 4.90 Å². The summed E-state index contributed by atoms with van der Waals surface area (Å²) in [5, 5.41) is 5.60. The van der Waals surface area contributed by atoms with Crippen molar-refractivity contribution in [1.82, 2.24) is 10.2 Å². The highest BCUT2D eigenvalue weighted by molar-refractivity contribution is 7.10. The second kappa shape index (κ2) is 4.84. The van der Waals surface area contributed by atoms with E-state index in [1.54, 1.807) is 4.88 Å². The van der Waals surface area contributed by atoms with Gasteiger partial charge in [-0.05, 0) is 23.4 Å². The molecule has 1 fully saturated rings. The summed E-state index contributed by atoms with van der Waals surface area (Å²) in [4.78, 5) is 4.10. The highest BCUT2D eigenvalue weighted by Gasteiger charge is 2.21. The predicted molar refractivity (Wildman–Crippen MR) is 65.9 cm³/mol. The molecule has 0 amide bonds. The van der Waals surface area contributed by atoms with E-state index in [1.807, 2.05) is 11.3 Å². The molecule has 1 N–H and O–H groups in total. The topological polar surface area (TPSA) is 24.5 Å². The van der Waals surface area contributed by atoms with Crippen molar-refractivity contribution in [2.24, 2.45) is 0 Å². The molecule has 0 aromatic carbocycles. The SMILES string of the molecule is c1cc2c(s1)CCN(CC1CNCCO1)C2. The Hall–Kier alpha value is -0.420. The fourth-order valence-electron chi connectivity index (χ4n) is 2.49. The number of thiophene rings is 1. The van der Waals surface area contributed by atoms with Crippen molar-refractivity contribution in [2.75, 3.05) is 32.8 Å². The van der Waals surface area contributed by atoms with Crippen molar-refractivity contribution in [1.29, 1.82) is 0 Å². The quantitative estimate of drug-likeness (QED) is 0.835. The minimum absolute atomic E-state index is 0.383. The molecule has 1 aromatic heterocycles. The average molecular weight is 238 g/mol. The van der Waals surface area contributed by atoms with E-state index >= 15 is 0 Å². The Morgan fingerprint density at radius 3 is 3.44 bits per heavy atom. The molecule has 0 bridgehead atoms. The van der Waals surface area contributed by atoms with Gasteiger partial charge in [-0.25, -0.2) is 0 Å². The summed E-state index contributed by atoms with van der Waals surface area (Å²) < 4.78 is 5.75. The van der Waals surface area contributed by atoms with E-state index in [0.717, 1.165) is 32.8 Å². The molecule has 1 atom stereocenters. The van der Waals surface area contributed by atoms with E-state index in [4.69, 9.17) is 4.74 Å². The predicted octanol–water partition coefficient (Wildman–Crippen LogP) is 1.09. The Balaban J connectivity index is 1.57. The van der Waals surface area contributed by atoms with Gasteiger partial charge in [0.2, 0.25) is 0 Å². The second-order valence-electron chi connectivity index (χ2n) is 4.55. The van der Waals surface area contributed by atoms with Gasteiger partial charge in [0.25, 0.3) is 0 Å². The smallest absolute Gasteiger partial charge is 0.0826 e. The largest absolute Gasteiger partial charge is 0.374 e. The van der Waals surface area contributed by atoms with Crippen molar-refractivity contribution in [3.8, 4) is 0 Å². The van der Waals surface area contributed by atoms with Gasteiger partial charge >= 0.3 is 0 Å². The molecule has 2 aliphatic rings. The second-order valence-corrected chi connectivity index (χ2v) is 5.55. The number of morpholine rings is 1. The molecular weight excluding hydrogens is 220 g/mol. The highest BCUT2D eigenvalue weighted by atomic mass is 32.1. The summed E-state index contributed by atoms with van der Waals surface area (Å²) in [5.74, 6) is 0. The molecule has 1 unspecified atom stereocenters. The maximum absolute atomic E-state index is 5.75. The van der Waals surface area contributed by atoms with Crippen LogP contribution in [0.5, 0.6) is 0 Å². The van der Waals surface area contributed by atoms with Crippen LogP contribution in [0, 0.1) is 0 Å². The summed E-state index contributed by atoms with van der Waals surface area (Å²) >= 11 is 1.90. The standard InChI is InChI=1S/C12H18N2OS/c1-4-14(8-10-2-6-16-12(1)10)9-11-7-13-3-5-15-11/h2,6,11,13H,1,3-5,7-9H2. The van der Waals surface area contributed by atoms with E-state index in [2.05, 4.69) is 21.7 Å². The summed E-state index contributed by atoms with van der Waals surface area (Å²) in [6, 6.07) is 2.27. The third-order valence-corrected chi connectivity index (χ3v) is 4.38. The highest BCUT2D eigenvalue weighted by Crippen LogP contribution is 2.24. The summed E-state index contributed by atoms with van der Waals surface area (Å²) in [6.45, 7) is 6.24. The molecule has 3 heterocycles. The number of nitrogens with one attached hydrogen (secondary N) is 1. The van der Waals surface area contributed by atoms with Crippen LogP contribution in [0.1, 0.15) is 10.4 Å². The first-order valence-corrected chi connectivity index (χ1v) is 6.90. The van der Waals surface area contributed by atoms with Gasteiger partial charge in [0.15, 0.2) is 0 Å². The van der Waals surface area contributed by atoms with Crippen molar-refractivity contribution < 1.29 is 4.74 Å². The van der Waals surface area contributed by atoms with Crippen molar-refractivity contribution >= 4 is 11.3 Å². The minimum atomic E-state index is 0.383. The van der Waals surface area contributed by atoms with Gasteiger partial charge < -0.3 is 10.1 Å². The van der Waals surface area contributed by atoms with Crippen LogP contribution in [-0.4, -0.2) is 43.8 Å². The Labute approximate surface area is 100 Å². The van der Waals surface area contributed by atoms with E-state index in [-0.39, 0.29) is 0 Å². The number of ether oxygens (including phenoxy) is 1. The summed E-state index contributed by atoms with van der Waals surface area (Å²) in [7, 11) is 0. The summed E-state index contributed by atoms with van der Waals surface area (Å²) in [6.07, 6.45) is 1.60. The van der Waals surface area contributed by atoms with Gasteiger partial charge in [-0.2, -0.15) is 0 Å². The van der Waals surface area contributed by atoms with Crippen LogP contribution >= 0.6 is 11.3 Å². The zero-order valence-corrected chi connectivity index (χ0v) is 10.3. The fraction of sp³-hybridized carbons (Fsp3) is 0.667. The molecule has 3 rings (SSSR count). The van der Waals surface area contributed by atoms with Gasteiger partial charge in [0.1, 0.15) is 0 Å². The Morgan fingerprint density at radius 2 is 2.56 bits per heavy atom. The van der Waals surface area contributed by atoms with E-state index < -0.39 is 0 Å². The Bertz CT molecular complexity index is 347. The normalized spacial score (nSPS) is 26.6. The van der Waals surface area contributed by atoms with Gasteiger partial charge in [0.05, 0.1) is 12.7 Å². The number of hydrogen-bond acceptors (Lipinski definition) is 4. The molecule has 4 heteroatoms. The van der Waals surface area contributed by atoms with Gasteiger partial charge in [-0.1, -0.05) is 0 Å². The van der Waals surface area contributed by atoms with Crippen molar-refractivity contribution in [3.05, 3.63) is 21.9 Å². The lowest BCUT2D eigenvalue weighted by Crippen LogP contribution is -2.46.